The molecule has 188 valence electrons. The Balaban J connectivity index is 1.52. The van der Waals surface area contributed by atoms with Gasteiger partial charge in [0.15, 0.2) is 0 Å². The third-order valence-electron chi connectivity index (χ3n) is 7.02. The summed E-state index contributed by atoms with van der Waals surface area (Å²) in [5, 5.41) is 1.12. The van der Waals surface area contributed by atoms with Crippen molar-refractivity contribution >= 4 is 40.7 Å². The molecule has 35 heavy (non-hydrogen) atoms. The van der Waals surface area contributed by atoms with Gasteiger partial charge in [-0.2, -0.15) is 0 Å². The number of carbonyl (C=O) groups is 3. The molecule has 4 nitrogen and oxygen atoms in total. The van der Waals surface area contributed by atoms with Crippen molar-refractivity contribution in [1.82, 2.24) is 4.90 Å². The molecule has 0 aromatic heterocycles. The van der Waals surface area contributed by atoms with Crippen LogP contribution >= 0.6 is 23.2 Å². The van der Waals surface area contributed by atoms with Crippen LogP contribution in [0.3, 0.4) is 0 Å². The lowest BCUT2D eigenvalue weighted by molar-refractivity contribution is -0.132. The smallest absolute Gasteiger partial charge is 0.222 e. The molecule has 1 amide bonds. The van der Waals surface area contributed by atoms with Gasteiger partial charge in [0.2, 0.25) is 5.91 Å². The topological polar surface area (TPSA) is 54.5 Å². The number of rotatable bonds is 12. The molecule has 0 spiro atoms. The number of carbonyl (C=O) groups excluding carboxylic acids is 3. The summed E-state index contributed by atoms with van der Waals surface area (Å²) in [6.07, 6.45) is 7.09. The highest BCUT2D eigenvalue weighted by Gasteiger charge is 2.32. The van der Waals surface area contributed by atoms with Crippen LogP contribution in [-0.2, 0) is 14.4 Å². The number of fused-ring (bicyclic) bond motifs is 1. The second-order valence-corrected chi connectivity index (χ2v) is 10.4. The van der Waals surface area contributed by atoms with E-state index in [-0.39, 0.29) is 29.4 Å². The van der Waals surface area contributed by atoms with Crippen LogP contribution in [0.1, 0.15) is 99.8 Å². The number of unbranched alkanes of at least 4 members (excludes halogenated alkanes) is 3. The Morgan fingerprint density at radius 3 is 2.20 bits per heavy atom. The summed E-state index contributed by atoms with van der Waals surface area (Å²) >= 11 is 12.4. The summed E-state index contributed by atoms with van der Waals surface area (Å²) < 4.78 is 0. The average Bonchev–Trinajstić information content (AvgIpc) is 2.85. The van der Waals surface area contributed by atoms with Crippen molar-refractivity contribution in [3.05, 3.63) is 69.2 Å². The van der Waals surface area contributed by atoms with E-state index >= 15 is 0 Å². The molecule has 2 aromatic rings. The zero-order chi connectivity index (χ0) is 25.4. The normalized spacial score (nSPS) is 17.0. The Bertz CT molecular complexity index is 1050. The Hall–Kier alpha value is -2.17. The van der Waals surface area contributed by atoms with Crippen LogP contribution in [0.5, 0.6) is 0 Å². The maximum absolute atomic E-state index is 13.0. The van der Waals surface area contributed by atoms with Gasteiger partial charge in [-0.15, -0.1) is 0 Å². The van der Waals surface area contributed by atoms with E-state index in [1.807, 2.05) is 36.2 Å². The van der Waals surface area contributed by atoms with Crippen LogP contribution in [0.4, 0.5) is 0 Å². The summed E-state index contributed by atoms with van der Waals surface area (Å²) in [4.78, 5) is 37.6. The fourth-order valence-electron chi connectivity index (χ4n) is 4.99. The van der Waals surface area contributed by atoms with Gasteiger partial charge in [-0.3, -0.25) is 9.59 Å². The predicted octanol–water partition coefficient (Wildman–Crippen LogP) is 7.70. The zero-order valence-electron chi connectivity index (χ0n) is 20.7. The fraction of sp³-hybridized carbons (Fsp3) is 0.483. The molecule has 1 aliphatic rings. The van der Waals surface area contributed by atoms with Crippen LogP contribution in [0.15, 0.2) is 42.5 Å². The number of benzene rings is 2. The molecule has 0 bridgehead atoms. The number of amides is 1. The molecule has 2 aromatic carbocycles. The Labute approximate surface area is 219 Å². The van der Waals surface area contributed by atoms with Crippen molar-refractivity contribution in [2.75, 3.05) is 7.05 Å². The maximum atomic E-state index is 13.0. The quantitative estimate of drug-likeness (QED) is 0.272. The standard InChI is InChI=1S/C29H35Cl2NO3/c1-20(33)13-15-22(34)9-5-3-4-6-12-29(35)32(2)28-18-16-23(24-10-7-8-11-25(24)28)21-14-17-26(30)27(31)19-21/h7-8,10-11,14,17,19,23,28H,3-6,9,12-13,15-16,18H2,1-2H3/t23-,28-/m0/s1. The summed E-state index contributed by atoms with van der Waals surface area (Å²) in [5.41, 5.74) is 3.60. The van der Waals surface area contributed by atoms with Gasteiger partial charge in [-0.25, -0.2) is 0 Å². The van der Waals surface area contributed by atoms with Crippen molar-refractivity contribution in [2.45, 2.75) is 83.1 Å². The lowest BCUT2D eigenvalue weighted by atomic mass is 9.76. The van der Waals surface area contributed by atoms with Crippen molar-refractivity contribution < 1.29 is 14.4 Å². The Morgan fingerprint density at radius 1 is 0.829 bits per heavy atom. The largest absolute Gasteiger partial charge is 0.339 e. The van der Waals surface area contributed by atoms with Gasteiger partial charge in [0.05, 0.1) is 16.1 Å². The van der Waals surface area contributed by atoms with E-state index in [1.54, 1.807) is 0 Å². The lowest BCUT2D eigenvalue weighted by Gasteiger charge is -2.37. The highest BCUT2D eigenvalue weighted by atomic mass is 35.5. The van der Waals surface area contributed by atoms with Crippen LogP contribution in [0.2, 0.25) is 10.0 Å². The van der Waals surface area contributed by atoms with Crippen molar-refractivity contribution in [1.29, 1.82) is 0 Å². The van der Waals surface area contributed by atoms with Crippen LogP contribution < -0.4 is 0 Å². The van der Waals surface area contributed by atoms with E-state index in [2.05, 4.69) is 18.2 Å². The zero-order valence-corrected chi connectivity index (χ0v) is 22.2. The first-order chi connectivity index (χ1) is 16.8. The van der Waals surface area contributed by atoms with Gasteiger partial charge in [0.1, 0.15) is 11.6 Å². The van der Waals surface area contributed by atoms with E-state index in [0.717, 1.165) is 44.1 Å². The second kappa shape index (κ2) is 13.2. The molecule has 0 unspecified atom stereocenters. The molecule has 0 N–H and O–H groups in total. The van der Waals surface area contributed by atoms with Crippen molar-refractivity contribution in [3.63, 3.8) is 0 Å². The molecule has 6 heteroatoms. The van der Waals surface area contributed by atoms with Crippen LogP contribution in [0, 0.1) is 0 Å². The van der Waals surface area contributed by atoms with E-state index in [0.29, 0.717) is 35.7 Å². The molecule has 3 rings (SSSR count). The summed E-state index contributed by atoms with van der Waals surface area (Å²) in [6.45, 7) is 1.52. The van der Waals surface area contributed by atoms with E-state index in [9.17, 15) is 14.4 Å². The molecule has 0 aliphatic heterocycles. The number of ketones is 2. The van der Waals surface area contributed by atoms with E-state index in [4.69, 9.17) is 23.2 Å². The summed E-state index contributed by atoms with van der Waals surface area (Å²) in [5.74, 6) is 0.617. The Kier molecular flexibility index (Phi) is 10.4. The minimum absolute atomic E-state index is 0.0615. The van der Waals surface area contributed by atoms with Crippen LogP contribution in [-0.4, -0.2) is 29.4 Å². The molecule has 0 heterocycles. The first-order valence-electron chi connectivity index (χ1n) is 12.6. The van der Waals surface area contributed by atoms with Crippen molar-refractivity contribution in [3.8, 4) is 0 Å². The average molecular weight is 517 g/mol. The monoisotopic (exact) mass is 515 g/mol. The molecular formula is C29H35Cl2NO3. The number of halogens is 2. The highest BCUT2D eigenvalue weighted by molar-refractivity contribution is 6.42. The first-order valence-corrected chi connectivity index (χ1v) is 13.3. The summed E-state index contributed by atoms with van der Waals surface area (Å²) in [7, 11) is 1.91. The lowest BCUT2D eigenvalue weighted by Crippen LogP contribution is -2.34. The highest BCUT2D eigenvalue weighted by Crippen LogP contribution is 2.44. The minimum Gasteiger partial charge on any atom is -0.339 e. The van der Waals surface area contributed by atoms with Gasteiger partial charge in [-0.1, -0.05) is 66.4 Å². The fourth-order valence-corrected chi connectivity index (χ4v) is 5.29. The third kappa shape index (κ3) is 7.65. The number of hydrogen-bond acceptors (Lipinski definition) is 3. The first kappa shape index (κ1) is 27.4. The molecule has 2 atom stereocenters. The molecule has 0 radical (unpaired) electrons. The van der Waals surface area contributed by atoms with Gasteiger partial charge < -0.3 is 9.69 Å². The molecule has 1 aliphatic carbocycles. The van der Waals surface area contributed by atoms with E-state index < -0.39 is 0 Å². The van der Waals surface area contributed by atoms with Crippen LogP contribution in [0.25, 0.3) is 0 Å². The maximum Gasteiger partial charge on any atom is 0.222 e. The predicted molar refractivity (Wildman–Crippen MR) is 142 cm³/mol. The minimum atomic E-state index is 0.0615. The Morgan fingerprint density at radius 2 is 1.51 bits per heavy atom. The van der Waals surface area contributed by atoms with Gasteiger partial charge in [0, 0.05) is 38.6 Å². The van der Waals surface area contributed by atoms with Crippen molar-refractivity contribution in [2.24, 2.45) is 0 Å². The van der Waals surface area contributed by atoms with E-state index in [1.165, 1.54) is 18.1 Å². The number of nitrogens with zero attached hydrogens (tertiary/aromatic N) is 1. The van der Waals surface area contributed by atoms with Gasteiger partial charge in [-0.05, 0) is 61.4 Å². The third-order valence-corrected chi connectivity index (χ3v) is 7.76. The summed E-state index contributed by atoms with van der Waals surface area (Å²) in [6, 6.07) is 14.3. The molecular weight excluding hydrogens is 481 g/mol. The number of Topliss-reactive ketones (excluding diaryl/α,β-unsaturated/α-hetero) is 2. The van der Waals surface area contributed by atoms with Gasteiger partial charge >= 0.3 is 0 Å². The number of hydrogen-bond donors (Lipinski definition) is 0. The molecule has 0 saturated heterocycles. The molecule has 0 fully saturated rings. The molecule has 0 saturated carbocycles. The van der Waals surface area contributed by atoms with Gasteiger partial charge in [0.25, 0.3) is 0 Å². The second-order valence-electron chi connectivity index (χ2n) is 9.61. The SMILES string of the molecule is CC(=O)CCC(=O)CCCCCCC(=O)N(C)[C@H]1CC[C@@H](c2ccc(Cl)c(Cl)c2)c2ccccc21.